The highest BCUT2D eigenvalue weighted by molar-refractivity contribution is 5.92. The first-order valence-electron chi connectivity index (χ1n) is 6.66. The molecule has 0 aliphatic heterocycles. The topological polar surface area (TPSA) is 66.9 Å². The highest BCUT2D eigenvalue weighted by Crippen LogP contribution is 2.05. The molecule has 5 nitrogen and oxygen atoms in total. The van der Waals surface area contributed by atoms with E-state index in [9.17, 15) is 4.79 Å². The van der Waals surface area contributed by atoms with Crippen LogP contribution in [0.25, 0.3) is 0 Å². The molecule has 2 N–H and O–H groups in total. The van der Waals surface area contributed by atoms with Crippen LogP contribution in [0.3, 0.4) is 0 Å². The Hall–Kier alpha value is -2.43. The van der Waals surface area contributed by atoms with Gasteiger partial charge >= 0.3 is 0 Å². The van der Waals surface area contributed by atoms with Gasteiger partial charge in [0.05, 0.1) is 11.9 Å². The second-order valence-electron chi connectivity index (χ2n) is 4.32. The Labute approximate surface area is 118 Å². The van der Waals surface area contributed by atoms with E-state index in [4.69, 9.17) is 0 Å². The Kier molecular flexibility index (Phi) is 5.06. The molecule has 2 aromatic rings. The van der Waals surface area contributed by atoms with E-state index in [0.717, 1.165) is 24.2 Å². The lowest BCUT2D eigenvalue weighted by Crippen LogP contribution is -2.26. The molecule has 5 heteroatoms. The van der Waals surface area contributed by atoms with Crippen molar-refractivity contribution in [3.05, 3.63) is 54.1 Å². The van der Waals surface area contributed by atoms with E-state index < -0.39 is 0 Å². The number of anilines is 1. The van der Waals surface area contributed by atoms with Crippen LogP contribution >= 0.6 is 0 Å². The first-order valence-corrected chi connectivity index (χ1v) is 6.66. The van der Waals surface area contributed by atoms with Crippen molar-refractivity contribution in [2.24, 2.45) is 0 Å². The summed E-state index contributed by atoms with van der Waals surface area (Å²) in [4.78, 5) is 20.0. The van der Waals surface area contributed by atoms with Gasteiger partial charge in [0, 0.05) is 25.5 Å². The van der Waals surface area contributed by atoms with Gasteiger partial charge in [-0.05, 0) is 43.2 Å². The molecule has 0 spiro atoms. The first kappa shape index (κ1) is 14.0. The molecule has 0 atom stereocenters. The maximum absolute atomic E-state index is 11.9. The van der Waals surface area contributed by atoms with Crippen LogP contribution in [0.4, 0.5) is 5.69 Å². The maximum Gasteiger partial charge on any atom is 0.269 e. The predicted molar refractivity (Wildman–Crippen MR) is 78.7 cm³/mol. The van der Waals surface area contributed by atoms with Crippen molar-refractivity contribution in [1.82, 2.24) is 15.3 Å². The van der Waals surface area contributed by atoms with E-state index in [-0.39, 0.29) is 5.91 Å². The Bertz CT molecular complexity index is 540. The molecule has 2 heterocycles. The van der Waals surface area contributed by atoms with Crippen LogP contribution in [-0.4, -0.2) is 29.0 Å². The number of aromatic nitrogens is 2. The molecule has 0 aliphatic rings. The van der Waals surface area contributed by atoms with Crippen molar-refractivity contribution in [3.8, 4) is 0 Å². The van der Waals surface area contributed by atoms with Crippen molar-refractivity contribution in [1.29, 1.82) is 0 Å². The van der Waals surface area contributed by atoms with E-state index in [1.165, 1.54) is 0 Å². The average molecular weight is 270 g/mol. The summed E-state index contributed by atoms with van der Waals surface area (Å²) in [5.41, 5.74) is 2.50. The van der Waals surface area contributed by atoms with Crippen LogP contribution < -0.4 is 10.6 Å². The van der Waals surface area contributed by atoms with Gasteiger partial charge in [0.15, 0.2) is 0 Å². The minimum Gasteiger partial charge on any atom is -0.384 e. The van der Waals surface area contributed by atoms with Crippen molar-refractivity contribution in [2.75, 3.05) is 18.4 Å². The van der Waals surface area contributed by atoms with Crippen molar-refractivity contribution in [2.45, 2.75) is 13.3 Å². The maximum atomic E-state index is 11.9. The summed E-state index contributed by atoms with van der Waals surface area (Å²) < 4.78 is 0. The van der Waals surface area contributed by atoms with Crippen LogP contribution in [-0.2, 0) is 6.42 Å². The van der Waals surface area contributed by atoms with Crippen LogP contribution in [0.15, 0.2) is 42.9 Å². The lowest BCUT2D eigenvalue weighted by molar-refractivity contribution is 0.0949. The second kappa shape index (κ2) is 7.23. The normalized spacial score (nSPS) is 10.1. The average Bonchev–Trinajstić information content (AvgIpc) is 2.49. The molecule has 0 bridgehead atoms. The molecule has 0 radical (unpaired) electrons. The number of carbonyl (C=O) groups excluding carboxylic acids is 1. The Balaban J connectivity index is 1.82. The SMILES string of the molecule is CCNc1ccc(C(=O)NCCc2ccncc2)nc1. The standard InChI is InChI=1S/C15H18N4O/c1-2-17-13-3-4-14(19-11-13)15(20)18-10-7-12-5-8-16-9-6-12/h3-6,8-9,11,17H,2,7,10H2,1H3,(H,18,20). The lowest BCUT2D eigenvalue weighted by Gasteiger charge is -2.06. The molecule has 0 unspecified atom stereocenters. The number of hydrogen-bond donors (Lipinski definition) is 2. The lowest BCUT2D eigenvalue weighted by atomic mass is 10.2. The summed E-state index contributed by atoms with van der Waals surface area (Å²) in [5.74, 6) is -0.151. The first-order chi connectivity index (χ1) is 9.79. The van der Waals surface area contributed by atoms with Crippen molar-refractivity contribution in [3.63, 3.8) is 0 Å². The summed E-state index contributed by atoms with van der Waals surface area (Å²) in [6.45, 7) is 3.43. The molecule has 2 rings (SSSR count). The van der Waals surface area contributed by atoms with Crippen LogP contribution in [0, 0.1) is 0 Å². The number of nitrogens with one attached hydrogen (secondary N) is 2. The fourth-order valence-corrected chi connectivity index (χ4v) is 1.80. The molecule has 104 valence electrons. The van der Waals surface area contributed by atoms with Gasteiger partial charge in [0.25, 0.3) is 5.91 Å². The van der Waals surface area contributed by atoms with Gasteiger partial charge in [-0.3, -0.25) is 9.78 Å². The van der Waals surface area contributed by atoms with Gasteiger partial charge < -0.3 is 10.6 Å². The number of hydrogen-bond acceptors (Lipinski definition) is 4. The zero-order valence-corrected chi connectivity index (χ0v) is 11.5. The molecule has 0 fully saturated rings. The van der Waals surface area contributed by atoms with Crippen LogP contribution in [0.2, 0.25) is 0 Å². The van der Waals surface area contributed by atoms with E-state index in [1.807, 2.05) is 25.1 Å². The van der Waals surface area contributed by atoms with Gasteiger partial charge in [-0.15, -0.1) is 0 Å². The monoisotopic (exact) mass is 270 g/mol. The fourth-order valence-electron chi connectivity index (χ4n) is 1.80. The predicted octanol–water partition coefficient (Wildman–Crippen LogP) is 1.88. The smallest absolute Gasteiger partial charge is 0.269 e. The van der Waals surface area contributed by atoms with Crippen molar-refractivity contribution < 1.29 is 4.79 Å². The van der Waals surface area contributed by atoms with Crippen LogP contribution in [0.5, 0.6) is 0 Å². The van der Waals surface area contributed by atoms with E-state index in [2.05, 4.69) is 20.6 Å². The number of carbonyl (C=O) groups is 1. The van der Waals surface area contributed by atoms with Gasteiger partial charge in [0.1, 0.15) is 5.69 Å². The molecule has 0 saturated carbocycles. The number of amides is 1. The highest BCUT2D eigenvalue weighted by atomic mass is 16.1. The fraction of sp³-hybridized carbons (Fsp3) is 0.267. The quantitative estimate of drug-likeness (QED) is 0.841. The van der Waals surface area contributed by atoms with Gasteiger partial charge in [-0.25, -0.2) is 4.98 Å². The van der Waals surface area contributed by atoms with E-state index in [0.29, 0.717) is 12.2 Å². The summed E-state index contributed by atoms with van der Waals surface area (Å²) in [5, 5.41) is 5.99. The zero-order chi connectivity index (χ0) is 14.2. The Morgan fingerprint density at radius 2 is 2.00 bits per heavy atom. The second-order valence-corrected chi connectivity index (χ2v) is 4.32. The summed E-state index contributed by atoms with van der Waals surface area (Å²) in [7, 11) is 0. The molecule has 20 heavy (non-hydrogen) atoms. The highest BCUT2D eigenvalue weighted by Gasteiger charge is 2.06. The zero-order valence-electron chi connectivity index (χ0n) is 11.5. The summed E-state index contributed by atoms with van der Waals surface area (Å²) >= 11 is 0. The Morgan fingerprint density at radius 1 is 1.20 bits per heavy atom. The van der Waals surface area contributed by atoms with Crippen LogP contribution in [0.1, 0.15) is 23.0 Å². The minimum absolute atomic E-state index is 0.151. The third kappa shape index (κ3) is 4.05. The number of nitrogens with zero attached hydrogens (tertiary/aromatic N) is 2. The van der Waals surface area contributed by atoms with E-state index >= 15 is 0 Å². The molecular formula is C15H18N4O. The molecule has 0 saturated heterocycles. The Morgan fingerprint density at radius 3 is 2.65 bits per heavy atom. The summed E-state index contributed by atoms with van der Waals surface area (Å²) in [6.07, 6.45) is 5.95. The molecule has 2 aromatic heterocycles. The largest absolute Gasteiger partial charge is 0.384 e. The van der Waals surface area contributed by atoms with E-state index in [1.54, 1.807) is 24.7 Å². The number of pyridine rings is 2. The molecular weight excluding hydrogens is 252 g/mol. The third-order valence-electron chi connectivity index (χ3n) is 2.83. The number of rotatable bonds is 6. The third-order valence-corrected chi connectivity index (χ3v) is 2.83. The molecule has 0 aliphatic carbocycles. The molecule has 1 amide bonds. The van der Waals surface area contributed by atoms with Crippen molar-refractivity contribution >= 4 is 11.6 Å². The summed E-state index contributed by atoms with van der Waals surface area (Å²) in [6, 6.07) is 7.46. The molecule has 0 aromatic carbocycles. The minimum atomic E-state index is -0.151. The van der Waals surface area contributed by atoms with Gasteiger partial charge in [-0.2, -0.15) is 0 Å². The van der Waals surface area contributed by atoms with Gasteiger partial charge in [-0.1, -0.05) is 0 Å². The van der Waals surface area contributed by atoms with Gasteiger partial charge in [0.2, 0.25) is 0 Å².